The molecule has 0 saturated carbocycles. The number of ether oxygens (including phenoxy) is 1. The van der Waals surface area contributed by atoms with Crippen LogP contribution in [0.2, 0.25) is 0 Å². The van der Waals surface area contributed by atoms with Crippen LogP contribution in [-0.4, -0.2) is 29.2 Å². The zero-order chi connectivity index (χ0) is 12.3. The van der Waals surface area contributed by atoms with Crippen LogP contribution in [0.15, 0.2) is 12.1 Å². The van der Waals surface area contributed by atoms with Gasteiger partial charge in [-0.15, -0.1) is 0 Å². The van der Waals surface area contributed by atoms with Crippen LogP contribution in [0.3, 0.4) is 0 Å². The molecule has 0 bridgehead atoms. The van der Waals surface area contributed by atoms with Crippen molar-refractivity contribution in [2.75, 3.05) is 18.5 Å². The van der Waals surface area contributed by atoms with Gasteiger partial charge in [-0.2, -0.15) is 0 Å². The predicted molar refractivity (Wildman–Crippen MR) is 63.1 cm³/mol. The molecule has 1 saturated heterocycles. The summed E-state index contributed by atoms with van der Waals surface area (Å²) in [6.07, 6.45) is 2.07. The van der Waals surface area contributed by atoms with Crippen LogP contribution in [0.4, 0.5) is 11.5 Å². The summed E-state index contributed by atoms with van der Waals surface area (Å²) in [6.45, 7) is 3.11. The summed E-state index contributed by atoms with van der Waals surface area (Å²) in [5, 5.41) is 13.9. The quantitative estimate of drug-likeness (QED) is 0.641. The summed E-state index contributed by atoms with van der Waals surface area (Å²) in [5.41, 5.74) is 0.479. The van der Waals surface area contributed by atoms with E-state index in [1.54, 1.807) is 13.0 Å². The first kappa shape index (κ1) is 11.8. The molecule has 2 rings (SSSR count). The predicted octanol–water partition coefficient (Wildman–Crippen LogP) is 1.89. The lowest BCUT2D eigenvalue weighted by Gasteiger charge is -2.23. The smallest absolute Gasteiger partial charge is 0.290 e. The average molecular weight is 237 g/mol. The van der Waals surface area contributed by atoms with E-state index in [0.717, 1.165) is 19.4 Å². The second-order valence-electron chi connectivity index (χ2n) is 4.12. The molecule has 1 aliphatic heterocycles. The maximum absolute atomic E-state index is 10.6. The molecule has 92 valence electrons. The van der Waals surface area contributed by atoms with Crippen molar-refractivity contribution in [3.8, 4) is 0 Å². The van der Waals surface area contributed by atoms with Gasteiger partial charge in [0.15, 0.2) is 0 Å². The Labute approximate surface area is 99.2 Å². The van der Waals surface area contributed by atoms with E-state index in [1.165, 1.54) is 6.07 Å². The average Bonchev–Trinajstić information content (AvgIpc) is 2.30. The van der Waals surface area contributed by atoms with Crippen LogP contribution in [0.25, 0.3) is 0 Å². The third kappa shape index (κ3) is 2.91. The first-order valence-electron chi connectivity index (χ1n) is 5.63. The Morgan fingerprint density at radius 1 is 1.59 bits per heavy atom. The number of aryl methyl sites for hydroxylation is 1. The van der Waals surface area contributed by atoms with Crippen molar-refractivity contribution in [2.24, 2.45) is 0 Å². The molecule has 2 heterocycles. The van der Waals surface area contributed by atoms with E-state index in [-0.39, 0.29) is 11.7 Å². The monoisotopic (exact) mass is 237 g/mol. The summed E-state index contributed by atoms with van der Waals surface area (Å²) in [7, 11) is 0. The van der Waals surface area contributed by atoms with Crippen molar-refractivity contribution >= 4 is 11.5 Å². The minimum Gasteiger partial charge on any atom is -0.379 e. The Bertz CT molecular complexity index is 416. The van der Waals surface area contributed by atoms with Gasteiger partial charge in [0.25, 0.3) is 5.69 Å². The molecule has 1 N–H and O–H groups in total. The topological polar surface area (TPSA) is 77.3 Å². The van der Waals surface area contributed by atoms with Gasteiger partial charge in [0.2, 0.25) is 0 Å². The van der Waals surface area contributed by atoms with Crippen LogP contribution in [-0.2, 0) is 4.74 Å². The third-order valence-corrected chi connectivity index (χ3v) is 2.77. The Morgan fingerprint density at radius 3 is 3.00 bits per heavy atom. The third-order valence-electron chi connectivity index (χ3n) is 2.77. The molecule has 17 heavy (non-hydrogen) atoms. The lowest BCUT2D eigenvalue weighted by molar-refractivity contribution is -0.385. The fraction of sp³-hybridized carbons (Fsp3) is 0.545. The number of aromatic nitrogens is 1. The van der Waals surface area contributed by atoms with Crippen LogP contribution in [0, 0.1) is 17.0 Å². The van der Waals surface area contributed by atoms with Gasteiger partial charge in [0.05, 0.1) is 17.6 Å². The highest BCUT2D eigenvalue weighted by molar-refractivity contribution is 5.45. The zero-order valence-corrected chi connectivity index (χ0v) is 9.68. The van der Waals surface area contributed by atoms with Crippen LogP contribution >= 0.6 is 0 Å². The van der Waals surface area contributed by atoms with Gasteiger partial charge in [0, 0.05) is 12.7 Å². The van der Waals surface area contributed by atoms with Gasteiger partial charge in [-0.1, -0.05) is 0 Å². The van der Waals surface area contributed by atoms with Crippen molar-refractivity contribution in [3.63, 3.8) is 0 Å². The Kier molecular flexibility index (Phi) is 3.53. The molecule has 0 aromatic carbocycles. The van der Waals surface area contributed by atoms with E-state index in [1.807, 2.05) is 0 Å². The van der Waals surface area contributed by atoms with Crippen LogP contribution in [0.1, 0.15) is 18.5 Å². The standard InChI is InChI=1S/C11H15N3O3/c1-8-10(14(15)16)4-5-11(12-8)13-9-3-2-6-17-7-9/h4-5,9H,2-3,6-7H2,1H3,(H,12,13). The first-order chi connectivity index (χ1) is 8.16. The highest BCUT2D eigenvalue weighted by Crippen LogP contribution is 2.19. The fourth-order valence-corrected chi connectivity index (χ4v) is 1.89. The highest BCUT2D eigenvalue weighted by atomic mass is 16.6. The van der Waals surface area contributed by atoms with E-state index in [0.29, 0.717) is 18.1 Å². The largest absolute Gasteiger partial charge is 0.379 e. The normalized spacial score (nSPS) is 19.9. The van der Waals surface area contributed by atoms with Gasteiger partial charge in [-0.25, -0.2) is 4.98 Å². The lowest BCUT2D eigenvalue weighted by Crippen LogP contribution is -2.30. The number of nitrogens with one attached hydrogen (secondary N) is 1. The van der Waals surface area contributed by atoms with Crippen molar-refractivity contribution < 1.29 is 9.66 Å². The second kappa shape index (κ2) is 5.09. The SMILES string of the molecule is Cc1nc(NC2CCCOC2)ccc1[N+](=O)[O-]. The first-order valence-corrected chi connectivity index (χ1v) is 5.63. The molecule has 0 aliphatic carbocycles. The maximum atomic E-state index is 10.6. The van der Waals surface area contributed by atoms with Gasteiger partial charge in [0.1, 0.15) is 11.5 Å². The summed E-state index contributed by atoms with van der Waals surface area (Å²) in [6, 6.07) is 3.37. The molecule has 0 spiro atoms. The number of hydrogen-bond donors (Lipinski definition) is 1. The second-order valence-corrected chi connectivity index (χ2v) is 4.12. The highest BCUT2D eigenvalue weighted by Gasteiger charge is 2.16. The Balaban J connectivity index is 2.06. The zero-order valence-electron chi connectivity index (χ0n) is 9.68. The molecular formula is C11H15N3O3. The van der Waals surface area contributed by atoms with E-state index >= 15 is 0 Å². The van der Waals surface area contributed by atoms with Crippen molar-refractivity contribution in [3.05, 3.63) is 27.9 Å². The van der Waals surface area contributed by atoms with Crippen LogP contribution < -0.4 is 5.32 Å². The van der Waals surface area contributed by atoms with Gasteiger partial charge >= 0.3 is 0 Å². The van der Waals surface area contributed by atoms with Crippen molar-refractivity contribution in [2.45, 2.75) is 25.8 Å². The minimum absolute atomic E-state index is 0.0513. The molecule has 1 aliphatic rings. The van der Waals surface area contributed by atoms with E-state index in [2.05, 4.69) is 10.3 Å². The maximum Gasteiger partial charge on any atom is 0.290 e. The number of hydrogen-bond acceptors (Lipinski definition) is 5. The summed E-state index contributed by atoms with van der Waals surface area (Å²) in [5.74, 6) is 0.670. The van der Waals surface area contributed by atoms with Crippen molar-refractivity contribution in [1.29, 1.82) is 0 Å². The number of anilines is 1. The van der Waals surface area contributed by atoms with Gasteiger partial charge in [-0.3, -0.25) is 10.1 Å². The van der Waals surface area contributed by atoms with Gasteiger partial charge < -0.3 is 10.1 Å². The molecule has 6 heteroatoms. The molecule has 1 aromatic heterocycles. The number of nitrogens with zero attached hydrogens (tertiary/aromatic N) is 2. The van der Waals surface area contributed by atoms with E-state index in [9.17, 15) is 10.1 Å². The van der Waals surface area contributed by atoms with Gasteiger partial charge in [-0.05, 0) is 25.8 Å². The summed E-state index contributed by atoms with van der Waals surface area (Å²) >= 11 is 0. The minimum atomic E-state index is -0.421. The molecule has 1 unspecified atom stereocenters. The summed E-state index contributed by atoms with van der Waals surface area (Å²) < 4.78 is 5.35. The molecule has 1 atom stereocenters. The Hall–Kier alpha value is -1.69. The molecule has 1 aromatic rings. The number of nitro groups is 1. The summed E-state index contributed by atoms with van der Waals surface area (Å²) in [4.78, 5) is 14.4. The van der Waals surface area contributed by atoms with E-state index in [4.69, 9.17) is 4.74 Å². The lowest BCUT2D eigenvalue weighted by atomic mass is 10.1. The molecular weight excluding hydrogens is 222 g/mol. The molecule has 6 nitrogen and oxygen atoms in total. The number of rotatable bonds is 3. The molecule has 0 radical (unpaired) electrons. The molecule has 1 fully saturated rings. The fourth-order valence-electron chi connectivity index (χ4n) is 1.89. The number of pyridine rings is 1. The van der Waals surface area contributed by atoms with Crippen LogP contribution in [0.5, 0.6) is 0 Å². The molecule has 0 amide bonds. The van der Waals surface area contributed by atoms with Crippen molar-refractivity contribution in [1.82, 2.24) is 4.98 Å². The van der Waals surface area contributed by atoms with E-state index < -0.39 is 4.92 Å². The Morgan fingerprint density at radius 2 is 2.41 bits per heavy atom.